The van der Waals surface area contributed by atoms with Crippen LogP contribution in [0, 0.1) is 0 Å². The van der Waals surface area contributed by atoms with Crippen LogP contribution < -0.4 is 0 Å². The molecule has 0 aliphatic heterocycles. The number of nitrogens with zero attached hydrogens (tertiary/aromatic N) is 2. The van der Waals surface area contributed by atoms with Gasteiger partial charge >= 0.3 is 0 Å². The number of benzene rings is 3. The van der Waals surface area contributed by atoms with Gasteiger partial charge in [-0.2, -0.15) is 0 Å². The van der Waals surface area contributed by atoms with E-state index in [1.165, 1.54) is 0 Å². The molecule has 148 valence electrons. The highest BCUT2D eigenvalue weighted by Gasteiger charge is 2.22. The summed E-state index contributed by atoms with van der Waals surface area (Å²) >= 11 is 5.93. The first-order valence-electron chi connectivity index (χ1n) is 9.09. The molecule has 0 aliphatic rings. The average Bonchev–Trinajstić information content (AvgIpc) is 3.05. The fraction of sp³-hybridized carbons (Fsp3) is 0.136. The third kappa shape index (κ3) is 4.19. The predicted octanol–water partition coefficient (Wildman–Crippen LogP) is 4.40. The number of hydrogen-bond donors (Lipinski definition) is 1. The molecule has 1 N–H and O–H groups in total. The number of rotatable bonds is 6. The normalized spacial score (nSPS) is 12.9. The van der Waals surface area contributed by atoms with Crippen molar-refractivity contribution < 1.29 is 13.5 Å². The number of hydrogen-bond acceptors (Lipinski definition) is 4. The van der Waals surface area contributed by atoms with Gasteiger partial charge in [-0.1, -0.05) is 54.1 Å². The monoisotopic (exact) mass is 426 g/mol. The van der Waals surface area contributed by atoms with Crippen LogP contribution in [0.4, 0.5) is 0 Å². The molecule has 7 heteroatoms. The minimum absolute atomic E-state index is 0.182. The van der Waals surface area contributed by atoms with Crippen molar-refractivity contribution in [1.82, 2.24) is 9.55 Å². The summed E-state index contributed by atoms with van der Waals surface area (Å²) in [5.41, 5.74) is 2.16. The lowest BCUT2D eigenvalue weighted by atomic mass is 10.1. The number of aliphatic hydroxyl groups excluding tert-OH is 1. The summed E-state index contributed by atoms with van der Waals surface area (Å²) in [5, 5.41) is 11.3. The zero-order valence-electron chi connectivity index (χ0n) is 15.4. The van der Waals surface area contributed by atoms with Gasteiger partial charge in [0.25, 0.3) is 0 Å². The Kier molecular flexibility index (Phi) is 5.41. The number of sulfone groups is 1. The van der Waals surface area contributed by atoms with Gasteiger partial charge in [0, 0.05) is 5.02 Å². The summed E-state index contributed by atoms with van der Waals surface area (Å²) in [6.07, 6.45) is -0.831. The maximum absolute atomic E-state index is 12.9. The van der Waals surface area contributed by atoms with Crippen molar-refractivity contribution in [3.63, 3.8) is 0 Å². The molecule has 1 heterocycles. The van der Waals surface area contributed by atoms with Gasteiger partial charge in [0.05, 0.1) is 28.6 Å². The standard InChI is InChI=1S/C22H19ClN2O3S/c23-17-12-10-16(11-13-17)21(26)14-25-20-9-5-4-8-19(20)24-22(25)15-29(27,28)18-6-2-1-3-7-18/h1-13,21,26H,14-15H2/t21-/m1/s1. The summed E-state index contributed by atoms with van der Waals surface area (Å²) in [5.74, 6) is 0.141. The summed E-state index contributed by atoms with van der Waals surface area (Å²) in [7, 11) is -3.57. The summed E-state index contributed by atoms with van der Waals surface area (Å²) in [6, 6.07) is 22.7. The van der Waals surface area contributed by atoms with Crippen molar-refractivity contribution in [3.8, 4) is 0 Å². The highest BCUT2D eigenvalue weighted by Crippen LogP contribution is 2.25. The molecular weight excluding hydrogens is 408 g/mol. The van der Waals surface area contributed by atoms with Crippen LogP contribution in [-0.4, -0.2) is 23.1 Å². The fourth-order valence-corrected chi connectivity index (χ4v) is 4.71. The number of halogens is 1. The molecule has 0 aliphatic carbocycles. The summed E-state index contributed by atoms with van der Waals surface area (Å²) in [6.45, 7) is 0.182. The minimum atomic E-state index is -3.57. The Balaban J connectivity index is 1.72. The SMILES string of the molecule is O=S(=O)(Cc1nc2ccccc2n1C[C@@H](O)c1ccc(Cl)cc1)c1ccccc1. The molecule has 0 saturated heterocycles. The molecule has 0 saturated carbocycles. The molecule has 1 atom stereocenters. The molecule has 5 nitrogen and oxygen atoms in total. The zero-order valence-corrected chi connectivity index (χ0v) is 17.0. The van der Waals surface area contributed by atoms with Gasteiger partial charge in [-0.3, -0.25) is 0 Å². The number of aliphatic hydroxyl groups is 1. The second-order valence-electron chi connectivity index (χ2n) is 6.77. The van der Waals surface area contributed by atoms with Crippen LogP contribution in [0.1, 0.15) is 17.5 Å². The van der Waals surface area contributed by atoms with Gasteiger partial charge in [0.2, 0.25) is 0 Å². The number of fused-ring (bicyclic) bond motifs is 1. The Bertz CT molecular complexity index is 1240. The van der Waals surface area contributed by atoms with E-state index in [0.29, 0.717) is 21.9 Å². The molecule has 0 fully saturated rings. The lowest BCUT2D eigenvalue weighted by Gasteiger charge is -2.15. The zero-order chi connectivity index (χ0) is 20.4. The van der Waals surface area contributed by atoms with Crippen LogP contribution in [-0.2, 0) is 22.1 Å². The Morgan fingerprint density at radius 2 is 1.59 bits per heavy atom. The molecule has 0 unspecified atom stereocenters. The van der Waals surface area contributed by atoms with Crippen molar-refractivity contribution >= 4 is 32.5 Å². The van der Waals surface area contributed by atoms with E-state index in [0.717, 1.165) is 5.52 Å². The van der Waals surface area contributed by atoms with Gasteiger partial charge in [0.15, 0.2) is 9.84 Å². The minimum Gasteiger partial charge on any atom is -0.387 e. The molecule has 3 aromatic carbocycles. The first-order chi connectivity index (χ1) is 13.9. The average molecular weight is 427 g/mol. The quantitative estimate of drug-likeness (QED) is 0.496. The number of para-hydroxylation sites is 2. The van der Waals surface area contributed by atoms with E-state index in [1.807, 2.05) is 24.3 Å². The molecule has 4 rings (SSSR count). The molecule has 1 aromatic heterocycles. The molecule has 0 radical (unpaired) electrons. The van der Waals surface area contributed by atoms with Crippen LogP contribution >= 0.6 is 11.6 Å². The Hall–Kier alpha value is -2.67. The fourth-order valence-electron chi connectivity index (χ4n) is 3.28. The summed E-state index contributed by atoms with van der Waals surface area (Å²) < 4.78 is 27.6. The smallest absolute Gasteiger partial charge is 0.185 e. The predicted molar refractivity (Wildman–Crippen MR) is 113 cm³/mol. The Morgan fingerprint density at radius 1 is 0.931 bits per heavy atom. The third-order valence-corrected chi connectivity index (χ3v) is 6.65. The van der Waals surface area contributed by atoms with E-state index >= 15 is 0 Å². The van der Waals surface area contributed by atoms with Gasteiger partial charge in [0.1, 0.15) is 11.6 Å². The van der Waals surface area contributed by atoms with Gasteiger partial charge in [-0.15, -0.1) is 0 Å². The topological polar surface area (TPSA) is 72.2 Å². The van der Waals surface area contributed by atoms with Crippen molar-refractivity contribution in [1.29, 1.82) is 0 Å². The number of imidazole rings is 1. The largest absolute Gasteiger partial charge is 0.387 e. The van der Waals surface area contributed by atoms with Crippen LogP contribution in [0.25, 0.3) is 11.0 Å². The third-order valence-electron chi connectivity index (χ3n) is 4.77. The Labute approximate surface area is 174 Å². The van der Waals surface area contributed by atoms with E-state index in [2.05, 4.69) is 4.98 Å². The van der Waals surface area contributed by atoms with Crippen molar-refractivity contribution in [2.45, 2.75) is 23.3 Å². The van der Waals surface area contributed by atoms with E-state index in [-0.39, 0.29) is 17.2 Å². The maximum atomic E-state index is 12.9. The van der Waals surface area contributed by atoms with Crippen LogP contribution in [0.5, 0.6) is 0 Å². The van der Waals surface area contributed by atoms with Gasteiger partial charge < -0.3 is 9.67 Å². The van der Waals surface area contributed by atoms with E-state index < -0.39 is 15.9 Å². The molecule has 0 bridgehead atoms. The van der Waals surface area contributed by atoms with Gasteiger partial charge in [-0.25, -0.2) is 13.4 Å². The van der Waals surface area contributed by atoms with Crippen molar-refractivity contribution in [2.24, 2.45) is 0 Å². The first-order valence-corrected chi connectivity index (χ1v) is 11.1. The molecular formula is C22H19ClN2O3S. The molecule has 29 heavy (non-hydrogen) atoms. The Morgan fingerprint density at radius 3 is 2.31 bits per heavy atom. The van der Waals surface area contributed by atoms with Crippen LogP contribution in [0.3, 0.4) is 0 Å². The maximum Gasteiger partial charge on any atom is 0.185 e. The molecule has 4 aromatic rings. The van der Waals surface area contributed by atoms with E-state index in [1.54, 1.807) is 59.2 Å². The lowest BCUT2D eigenvalue weighted by molar-refractivity contribution is 0.157. The molecule has 0 amide bonds. The second-order valence-corrected chi connectivity index (χ2v) is 9.19. The highest BCUT2D eigenvalue weighted by atomic mass is 35.5. The van der Waals surface area contributed by atoms with Crippen molar-refractivity contribution in [2.75, 3.05) is 0 Å². The first kappa shape index (κ1) is 19.6. The summed E-state index contributed by atoms with van der Waals surface area (Å²) in [4.78, 5) is 4.78. The van der Waals surface area contributed by atoms with Crippen LogP contribution in [0.2, 0.25) is 5.02 Å². The lowest BCUT2D eigenvalue weighted by Crippen LogP contribution is -2.15. The van der Waals surface area contributed by atoms with Crippen LogP contribution in [0.15, 0.2) is 83.8 Å². The van der Waals surface area contributed by atoms with Crippen molar-refractivity contribution in [3.05, 3.63) is 95.3 Å². The number of aromatic nitrogens is 2. The van der Waals surface area contributed by atoms with Gasteiger partial charge in [-0.05, 0) is 42.0 Å². The highest BCUT2D eigenvalue weighted by molar-refractivity contribution is 7.90. The molecule has 0 spiro atoms. The van der Waals surface area contributed by atoms with E-state index in [4.69, 9.17) is 11.6 Å². The second kappa shape index (κ2) is 7.99. The van der Waals surface area contributed by atoms with E-state index in [9.17, 15) is 13.5 Å².